The maximum atomic E-state index is 12.1. The standard InChI is InChI=1S/C13H20N2O/c1-10-7-11(2)15(8-10)9-13(16)12-5-4-6-14(12)3/h4-6,10-11H,7-9H2,1-3H3. The Kier molecular flexibility index (Phi) is 3.15. The summed E-state index contributed by atoms with van der Waals surface area (Å²) in [7, 11) is 1.92. The summed E-state index contributed by atoms with van der Waals surface area (Å²) in [5.41, 5.74) is 0.812. The number of hydrogen-bond donors (Lipinski definition) is 0. The van der Waals surface area contributed by atoms with Crippen molar-refractivity contribution in [1.82, 2.24) is 9.47 Å². The van der Waals surface area contributed by atoms with Gasteiger partial charge in [0.05, 0.1) is 12.2 Å². The maximum Gasteiger partial charge on any atom is 0.193 e. The van der Waals surface area contributed by atoms with Gasteiger partial charge in [0.15, 0.2) is 5.78 Å². The first-order chi connectivity index (χ1) is 7.58. The van der Waals surface area contributed by atoms with Crippen LogP contribution in [0, 0.1) is 5.92 Å². The lowest BCUT2D eigenvalue weighted by molar-refractivity contribution is 0.0917. The molecule has 3 nitrogen and oxygen atoms in total. The molecule has 1 aliphatic rings. The third kappa shape index (κ3) is 2.19. The molecule has 0 aliphatic carbocycles. The van der Waals surface area contributed by atoms with Gasteiger partial charge in [0.1, 0.15) is 0 Å². The zero-order chi connectivity index (χ0) is 11.7. The van der Waals surface area contributed by atoms with Gasteiger partial charge >= 0.3 is 0 Å². The lowest BCUT2D eigenvalue weighted by Gasteiger charge is -2.19. The third-order valence-corrected chi connectivity index (χ3v) is 3.49. The van der Waals surface area contributed by atoms with Gasteiger partial charge in [-0.15, -0.1) is 0 Å². The van der Waals surface area contributed by atoms with Crippen LogP contribution in [0.1, 0.15) is 30.8 Å². The lowest BCUT2D eigenvalue weighted by Crippen LogP contribution is -2.33. The Morgan fingerprint density at radius 2 is 2.25 bits per heavy atom. The molecule has 0 aromatic carbocycles. The number of carbonyl (C=O) groups excluding carboxylic acids is 1. The molecule has 1 aromatic heterocycles. The van der Waals surface area contributed by atoms with E-state index in [1.165, 1.54) is 6.42 Å². The number of ketones is 1. The van der Waals surface area contributed by atoms with Gasteiger partial charge in [-0.2, -0.15) is 0 Å². The normalized spacial score (nSPS) is 26.2. The Bertz CT molecular complexity index is 383. The fourth-order valence-corrected chi connectivity index (χ4v) is 2.62. The molecule has 2 atom stereocenters. The molecule has 1 fully saturated rings. The minimum absolute atomic E-state index is 0.230. The lowest BCUT2D eigenvalue weighted by atomic mass is 10.1. The molecule has 0 saturated carbocycles. The van der Waals surface area contributed by atoms with Crippen LogP contribution < -0.4 is 0 Å². The number of carbonyl (C=O) groups is 1. The fraction of sp³-hybridized carbons (Fsp3) is 0.615. The average molecular weight is 220 g/mol. The van der Waals surface area contributed by atoms with Crippen LogP contribution in [0.2, 0.25) is 0 Å². The molecule has 0 amide bonds. The van der Waals surface area contributed by atoms with Crippen molar-refractivity contribution in [3.8, 4) is 0 Å². The Balaban J connectivity index is 2.01. The van der Waals surface area contributed by atoms with Gasteiger partial charge in [-0.1, -0.05) is 6.92 Å². The van der Waals surface area contributed by atoms with Crippen molar-refractivity contribution in [3.63, 3.8) is 0 Å². The molecule has 0 N–H and O–H groups in total. The largest absolute Gasteiger partial charge is 0.348 e. The smallest absolute Gasteiger partial charge is 0.193 e. The number of hydrogen-bond acceptors (Lipinski definition) is 2. The van der Waals surface area contributed by atoms with Crippen LogP contribution >= 0.6 is 0 Å². The van der Waals surface area contributed by atoms with Crippen LogP contribution in [0.3, 0.4) is 0 Å². The summed E-state index contributed by atoms with van der Waals surface area (Å²) in [4.78, 5) is 14.4. The predicted octanol–water partition coefficient (Wildman–Crippen LogP) is 1.94. The van der Waals surface area contributed by atoms with E-state index in [0.29, 0.717) is 12.6 Å². The molecule has 0 spiro atoms. The van der Waals surface area contributed by atoms with Gasteiger partial charge in [-0.25, -0.2) is 0 Å². The summed E-state index contributed by atoms with van der Waals surface area (Å²) in [5, 5.41) is 0. The highest BCUT2D eigenvalue weighted by Gasteiger charge is 2.27. The van der Waals surface area contributed by atoms with E-state index in [0.717, 1.165) is 18.2 Å². The second kappa shape index (κ2) is 4.42. The van der Waals surface area contributed by atoms with Crippen LogP contribution in [0.25, 0.3) is 0 Å². The zero-order valence-corrected chi connectivity index (χ0v) is 10.3. The van der Waals surface area contributed by atoms with Gasteiger partial charge in [0, 0.05) is 25.8 Å². The monoisotopic (exact) mass is 220 g/mol. The zero-order valence-electron chi connectivity index (χ0n) is 10.3. The molecule has 2 rings (SSSR count). The summed E-state index contributed by atoms with van der Waals surface area (Å²) in [6, 6.07) is 4.36. The van der Waals surface area contributed by atoms with Gasteiger partial charge in [0.25, 0.3) is 0 Å². The van der Waals surface area contributed by atoms with Crippen LogP contribution in [0.4, 0.5) is 0 Å². The number of rotatable bonds is 3. The highest BCUT2D eigenvalue weighted by atomic mass is 16.1. The molecule has 0 bridgehead atoms. The quantitative estimate of drug-likeness (QED) is 0.727. The molecule has 0 radical (unpaired) electrons. The molecule has 1 aromatic rings. The van der Waals surface area contributed by atoms with Crippen molar-refractivity contribution >= 4 is 5.78 Å². The Morgan fingerprint density at radius 3 is 2.75 bits per heavy atom. The van der Waals surface area contributed by atoms with Gasteiger partial charge in [-0.05, 0) is 31.4 Å². The average Bonchev–Trinajstić information content (AvgIpc) is 2.74. The highest BCUT2D eigenvalue weighted by Crippen LogP contribution is 2.22. The molecular formula is C13H20N2O. The van der Waals surface area contributed by atoms with E-state index >= 15 is 0 Å². The Hall–Kier alpha value is -1.09. The van der Waals surface area contributed by atoms with E-state index in [1.807, 2.05) is 29.9 Å². The van der Waals surface area contributed by atoms with Crippen molar-refractivity contribution in [3.05, 3.63) is 24.0 Å². The molecule has 1 aliphatic heterocycles. The summed E-state index contributed by atoms with van der Waals surface area (Å²) >= 11 is 0. The highest BCUT2D eigenvalue weighted by molar-refractivity contribution is 5.96. The minimum Gasteiger partial charge on any atom is -0.348 e. The van der Waals surface area contributed by atoms with E-state index in [4.69, 9.17) is 0 Å². The first-order valence-electron chi connectivity index (χ1n) is 5.96. The number of Topliss-reactive ketones (excluding diaryl/α,β-unsaturated/α-hetero) is 1. The second-order valence-corrected chi connectivity index (χ2v) is 5.05. The molecule has 88 valence electrons. The van der Waals surface area contributed by atoms with Crippen LogP contribution in [-0.2, 0) is 7.05 Å². The summed E-state index contributed by atoms with van der Waals surface area (Å²) < 4.78 is 1.90. The molecule has 16 heavy (non-hydrogen) atoms. The molecule has 2 heterocycles. The van der Waals surface area contributed by atoms with Gasteiger partial charge < -0.3 is 4.57 Å². The van der Waals surface area contributed by atoms with Crippen molar-refractivity contribution < 1.29 is 4.79 Å². The number of aryl methyl sites for hydroxylation is 1. The second-order valence-electron chi connectivity index (χ2n) is 5.05. The van der Waals surface area contributed by atoms with Crippen LogP contribution in [-0.4, -0.2) is 34.4 Å². The molecule has 1 saturated heterocycles. The van der Waals surface area contributed by atoms with Crippen molar-refractivity contribution in [1.29, 1.82) is 0 Å². The van der Waals surface area contributed by atoms with Crippen LogP contribution in [0.5, 0.6) is 0 Å². The van der Waals surface area contributed by atoms with Gasteiger partial charge in [0.2, 0.25) is 0 Å². The summed E-state index contributed by atoms with van der Waals surface area (Å²) in [6.07, 6.45) is 3.13. The maximum absolute atomic E-state index is 12.1. The number of likely N-dealkylation sites (tertiary alicyclic amines) is 1. The number of nitrogens with zero attached hydrogens (tertiary/aromatic N) is 2. The SMILES string of the molecule is CC1CC(C)N(CC(=O)c2cccn2C)C1. The van der Waals surface area contributed by atoms with E-state index < -0.39 is 0 Å². The Labute approximate surface area is 97.1 Å². The third-order valence-electron chi connectivity index (χ3n) is 3.49. The molecule has 3 heteroatoms. The summed E-state index contributed by atoms with van der Waals surface area (Å²) in [6.45, 7) is 6.08. The first kappa shape index (κ1) is 11.4. The minimum atomic E-state index is 0.230. The fourth-order valence-electron chi connectivity index (χ4n) is 2.62. The van der Waals surface area contributed by atoms with Crippen LogP contribution in [0.15, 0.2) is 18.3 Å². The first-order valence-corrected chi connectivity index (χ1v) is 5.96. The van der Waals surface area contributed by atoms with Crippen molar-refractivity contribution in [2.24, 2.45) is 13.0 Å². The van der Waals surface area contributed by atoms with E-state index in [2.05, 4.69) is 18.7 Å². The summed E-state index contributed by atoms with van der Waals surface area (Å²) in [5.74, 6) is 0.949. The van der Waals surface area contributed by atoms with Gasteiger partial charge in [-0.3, -0.25) is 9.69 Å². The van der Waals surface area contributed by atoms with E-state index in [9.17, 15) is 4.79 Å². The number of aromatic nitrogens is 1. The predicted molar refractivity (Wildman–Crippen MR) is 64.6 cm³/mol. The van der Waals surface area contributed by atoms with Crippen molar-refractivity contribution in [2.45, 2.75) is 26.3 Å². The van der Waals surface area contributed by atoms with Crippen molar-refractivity contribution in [2.75, 3.05) is 13.1 Å². The van der Waals surface area contributed by atoms with E-state index in [-0.39, 0.29) is 5.78 Å². The van der Waals surface area contributed by atoms with E-state index in [1.54, 1.807) is 0 Å². The molecular weight excluding hydrogens is 200 g/mol. The Morgan fingerprint density at radius 1 is 1.50 bits per heavy atom. The topological polar surface area (TPSA) is 25.2 Å². The molecule has 2 unspecified atom stereocenters.